The summed E-state index contributed by atoms with van der Waals surface area (Å²) in [5.74, 6) is 0.604. The highest BCUT2D eigenvalue weighted by atomic mass is 35.5. The lowest BCUT2D eigenvalue weighted by Gasteiger charge is -2.35. The Hall–Kier alpha value is -1.27. The molecule has 3 rings (SSSR count). The van der Waals surface area contributed by atoms with Crippen molar-refractivity contribution in [3.05, 3.63) is 17.3 Å². The first-order chi connectivity index (χ1) is 10.7. The number of carbonyl (C=O) groups excluding carboxylic acids is 1. The molecular weight excluding hydrogens is 320 g/mol. The van der Waals surface area contributed by atoms with E-state index in [4.69, 9.17) is 11.6 Å². The largest absolute Gasteiger partial charge is 0.339 e. The second-order valence-electron chi connectivity index (χ2n) is 5.50. The molecule has 5 nitrogen and oxygen atoms in total. The van der Waals surface area contributed by atoms with Gasteiger partial charge in [-0.25, -0.2) is 9.97 Å². The third kappa shape index (κ3) is 3.38. The summed E-state index contributed by atoms with van der Waals surface area (Å²) < 4.78 is 0. The number of fused-ring (bicyclic) bond motifs is 1. The first-order valence-electron chi connectivity index (χ1n) is 7.61. The van der Waals surface area contributed by atoms with Crippen LogP contribution < -0.4 is 0 Å². The standard InChI is InChI=1S/C15H19ClN4OS/c1-2-11-5-3-4-6-20(11)13(21)9-22-15-18-12-7-10(16)8-17-14(12)19-15/h7-8,11H,2-6,9H2,1H3,(H,17,18,19)/t11-/m1/s1. The number of likely N-dealkylation sites (tertiary alicyclic amines) is 1. The second-order valence-corrected chi connectivity index (χ2v) is 6.90. The van der Waals surface area contributed by atoms with E-state index in [-0.39, 0.29) is 5.91 Å². The number of piperidine rings is 1. The predicted molar refractivity (Wildman–Crippen MR) is 89.3 cm³/mol. The summed E-state index contributed by atoms with van der Waals surface area (Å²) in [5, 5.41) is 1.28. The van der Waals surface area contributed by atoms with Crippen LogP contribution in [0.4, 0.5) is 0 Å². The van der Waals surface area contributed by atoms with Gasteiger partial charge in [0.25, 0.3) is 0 Å². The van der Waals surface area contributed by atoms with E-state index in [0.29, 0.717) is 27.6 Å². The zero-order valence-corrected chi connectivity index (χ0v) is 14.1. The zero-order valence-electron chi connectivity index (χ0n) is 12.5. The van der Waals surface area contributed by atoms with Crippen molar-refractivity contribution < 1.29 is 4.79 Å². The number of H-pyrrole nitrogens is 1. The van der Waals surface area contributed by atoms with E-state index in [0.717, 1.165) is 31.3 Å². The van der Waals surface area contributed by atoms with Crippen LogP contribution in [0.1, 0.15) is 32.6 Å². The molecule has 7 heteroatoms. The molecule has 1 amide bonds. The molecule has 1 atom stereocenters. The van der Waals surface area contributed by atoms with Crippen LogP contribution in [0.25, 0.3) is 11.2 Å². The van der Waals surface area contributed by atoms with E-state index < -0.39 is 0 Å². The monoisotopic (exact) mass is 338 g/mol. The van der Waals surface area contributed by atoms with Crippen LogP contribution in [-0.4, -0.2) is 44.1 Å². The van der Waals surface area contributed by atoms with E-state index in [1.165, 1.54) is 18.2 Å². The van der Waals surface area contributed by atoms with Crippen LogP contribution in [0.3, 0.4) is 0 Å². The van der Waals surface area contributed by atoms with Gasteiger partial charge in [0.1, 0.15) is 0 Å². The molecule has 0 unspecified atom stereocenters. The van der Waals surface area contributed by atoms with Crippen molar-refractivity contribution in [2.24, 2.45) is 0 Å². The average molecular weight is 339 g/mol. The van der Waals surface area contributed by atoms with Gasteiger partial charge < -0.3 is 9.88 Å². The number of halogens is 1. The Morgan fingerprint density at radius 2 is 2.41 bits per heavy atom. The molecule has 118 valence electrons. The van der Waals surface area contributed by atoms with Gasteiger partial charge in [-0.15, -0.1) is 0 Å². The van der Waals surface area contributed by atoms with Gasteiger partial charge in [-0.2, -0.15) is 0 Å². The minimum absolute atomic E-state index is 0.197. The Balaban J connectivity index is 1.64. The van der Waals surface area contributed by atoms with E-state index >= 15 is 0 Å². The van der Waals surface area contributed by atoms with Crippen molar-refractivity contribution in [3.63, 3.8) is 0 Å². The molecule has 3 heterocycles. The molecule has 0 aliphatic carbocycles. The normalized spacial score (nSPS) is 18.8. The minimum atomic E-state index is 0.197. The highest BCUT2D eigenvalue weighted by Crippen LogP contribution is 2.23. The quantitative estimate of drug-likeness (QED) is 0.867. The molecule has 0 aromatic carbocycles. The summed E-state index contributed by atoms with van der Waals surface area (Å²) in [6.45, 7) is 3.03. The van der Waals surface area contributed by atoms with Gasteiger partial charge in [0.05, 0.1) is 16.3 Å². The van der Waals surface area contributed by atoms with Crippen molar-refractivity contribution in [1.29, 1.82) is 0 Å². The summed E-state index contributed by atoms with van der Waals surface area (Å²) in [5.41, 5.74) is 1.43. The number of rotatable bonds is 4. The van der Waals surface area contributed by atoms with Crippen molar-refractivity contribution in [1.82, 2.24) is 19.9 Å². The molecule has 1 aliphatic heterocycles. The zero-order chi connectivity index (χ0) is 15.5. The number of imidazole rings is 1. The molecular formula is C15H19ClN4OS. The molecule has 0 saturated carbocycles. The number of pyridine rings is 1. The highest BCUT2D eigenvalue weighted by molar-refractivity contribution is 7.99. The van der Waals surface area contributed by atoms with Gasteiger partial charge in [-0.3, -0.25) is 4.79 Å². The van der Waals surface area contributed by atoms with Gasteiger partial charge in [-0.1, -0.05) is 30.3 Å². The summed E-state index contributed by atoms with van der Waals surface area (Å²) in [6, 6.07) is 2.19. The number of nitrogens with zero attached hydrogens (tertiary/aromatic N) is 3. The summed E-state index contributed by atoms with van der Waals surface area (Å²) in [7, 11) is 0. The van der Waals surface area contributed by atoms with Crippen LogP contribution in [-0.2, 0) is 4.79 Å². The van der Waals surface area contributed by atoms with Crippen molar-refractivity contribution in [2.75, 3.05) is 12.3 Å². The van der Waals surface area contributed by atoms with Crippen molar-refractivity contribution in [3.8, 4) is 0 Å². The number of thioether (sulfide) groups is 1. The van der Waals surface area contributed by atoms with Crippen LogP contribution in [0.15, 0.2) is 17.4 Å². The number of aromatic amines is 1. The average Bonchev–Trinajstić information content (AvgIpc) is 2.94. The predicted octanol–water partition coefficient (Wildman–Crippen LogP) is 3.49. The molecule has 1 aliphatic rings. The summed E-state index contributed by atoms with van der Waals surface area (Å²) in [4.78, 5) is 26.2. The molecule has 1 N–H and O–H groups in total. The van der Waals surface area contributed by atoms with E-state index in [1.54, 1.807) is 12.3 Å². The number of amides is 1. The maximum atomic E-state index is 12.4. The maximum absolute atomic E-state index is 12.4. The number of hydrogen-bond donors (Lipinski definition) is 1. The van der Waals surface area contributed by atoms with Gasteiger partial charge in [-0.05, 0) is 31.7 Å². The van der Waals surface area contributed by atoms with E-state index in [1.807, 2.05) is 4.90 Å². The third-order valence-electron chi connectivity index (χ3n) is 4.03. The molecule has 2 aromatic rings. The third-order valence-corrected chi connectivity index (χ3v) is 5.10. The van der Waals surface area contributed by atoms with Crippen LogP contribution in [0.2, 0.25) is 5.02 Å². The molecule has 0 bridgehead atoms. The molecule has 1 fully saturated rings. The van der Waals surface area contributed by atoms with E-state index in [2.05, 4.69) is 21.9 Å². The van der Waals surface area contributed by atoms with Gasteiger partial charge in [0.2, 0.25) is 5.91 Å². The summed E-state index contributed by atoms with van der Waals surface area (Å²) >= 11 is 7.34. The second kappa shape index (κ2) is 6.87. The van der Waals surface area contributed by atoms with Crippen LogP contribution in [0, 0.1) is 0 Å². The highest BCUT2D eigenvalue weighted by Gasteiger charge is 2.25. The number of aromatic nitrogens is 3. The smallest absolute Gasteiger partial charge is 0.233 e. The lowest BCUT2D eigenvalue weighted by molar-refractivity contribution is -0.132. The SMILES string of the molecule is CC[C@@H]1CCCCN1C(=O)CSc1nc2ncc(Cl)cc2[nH]1. The topological polar surface area (TPSA) is 61.9 Å². The first kappa shape index (κ1) is 15.6. The number of hydrogen-bond acceptors (Lipinski definition) is 4. The Morgan fingerprint density at radius 1 is 1.55 bits per heavy atom. The van der Waals surface area contributed by atoms with Crippen molar-refractivity contribution >= 4 is 40.4 Å². The van der Waals surface area contributed by atoms with Gasteiger partial charge in [0, 0.05) is 18.8 Å². The van der Waals surface area contributed by atoms with E-state index in [9.17, 15) is 4.79 Å². The fourth-order valence-corrected chi connectivity index (χ4v) is 3.80. The Morgan fingerprint density at radius 3 is 3.23 bits per heavy atom. The first-order valence-corrected chi connectivity index (χ1v) is 8.97. The molecule has 0 spiro atoms. The molecule has 0 radical (unpaired) electrons. The Labute approximate surface area is 138 Å². The van der Waals surface area contributed by atoms with Gasteiger partial charge in [0.15, 0.2) is 10.8 Å². The lowest BCUT2D eigenvalue weighted by atomic mass is 10.0. The molecule has 2 aromatic heterocycles. The minimum Gasteiger partial charge on any atom is -0.339 e. The molecule has 22 heavy (non-hydrogen) atoms. The maximum Gasteiger partial charge on any atom is 0.233 e. The van der Waals surface area contributed by atoms with Crippen molar-refractivity contribution in [2.45, 2.75) is 43.8 Å². The van der Waals surface area contributed by atoms with Crippen LogP contribution >= 0.6 is 23.4 Å². The fourth-order valence-electron chi connectivity index (χ4n) is 2.89. The van der Waals surface area contributed by atoms with Crippen LogP contribution in [0.5, 0.6) is 0 Å². The fraction of sp³-hybridized carbons (Fsp3) is 0.533. The summed E-state index contributed by atoms with van der Waals surface area (Å²) in [6.07, 6.45) is 6.07. The number of nitrogens with one attached hydrogen (secondary N) is 1. The Bertz CT molecular complexity index is 675. The lowest BCUT2D eigenvalue weighted by Crippen LogP contribution is -2.44. The Kier molecular flexibility index (Phi) is 4.88. The molecule has 1 saturated heterocycles. The number of carbonyl (C=O) groups is 1. The van der Waals surface area contributed by atoms with Gasteiger partial charge >= 0.3 is 0 Å².